The molecule has 1 aromatic heterocycles. The summed E-state index contributed by atoms with van der Waals surface area (Å²) in [4.78, 5) is 17.6. The van der Waals surface area contributed by atoms with Crippen molar-refractivity contribution in [2.45, 2.75) is 12.8 Å². The van der Waals surface area contributed by atoms with Gasteiger partial charge in [-0.2, -0.15) is 0 Å². The second-order valence-electron chi connectivity index (χ2n) is 4.51. The minimum Gasteiger partial charge on any atom is -0.505 e. The van der Waals surface area contributed by atoms with E-state index in [9.17, 15) is 9.90 Å². The molecule has 0 spiro atoms. The molecule has 7 nitrogen and oxygen atoms in total. The van der Waals surface area contributed by atoms with Crippen LogP contribution in [0.2, 0.25) is 0 Å². The molecule has 0 bridgehead atoms. The van der Waals surface area contributed by atoms with E-state index in [4.69, 9.17) is 10.9 Å². The van der Waals surface area contributed by atoms with E-state index in [1.807, 2.05) is 0 Å². The summed E-state index contributed by atoms with van der Waals surface area (Å²) >= 11 is 0. The highest BCUT2D eigenvalue weighted by atomic mass is 16.4. The summed E-state index contributed by atoms with van der Waals surface area (Å²) in [5.41, 5.74) is 5.80. The molecular weight excluding hydrogens is 248 g/mol. The number of carbonyl (C=O) groups is 1. The van der Waals surface area contributed by atoms with Crippen LogP contribution in [0, 0.1) is 5.92 Å². The zero-order valence-corrected chi connectivity index (χ0v) is 10.4. The number of piperidine rings is 1. The van der Waals surface area contributed by atoms with Gasteiger partial charge in [0.05, 0.1) is 11.8 Å². The topological polar surface area (TPSA) is 112 Å². The lowest BCUT2D eigenvalue weighted by molar-refractivity contribution is 0.0698. The predicted molar refractivity (Wildman–Crippen MR) is 67.9 cm³/mol. The van der Waals surface area contributed by atoms with Crippen molar-refractivity contribution >= 4 is 11.7 Å². The van der Waals surface area contributed by atoms with Crippen molar-refractivity contribution in [3.8, 4) is 5.75 Å². The van der Waals surface area contributed by atoms with Crippen LogP contribution in [0.25, 0.3) is 0 Å². The van der Waals surface area contributed by atoms with E-state index in [-0.39, 0.29) is 29.0 Å². The summed E-state index contributed by atoms with van der Waals surface area (Å²) in [7, 11) is 0. The van der Waals surface area contributed by atoms with E-state index in [1.54, 1.807) is 4.90 Å². The standard InChI is InChI=1S/C12H16N4O3/c13-11(15-19)8-2-1-5-16(7-8)12(18)9-3-4-14-6-10(9)17/h3-4,6,8,17,19H,1-2,5,7H2,(H2,13,15). The summed E-state index contributed by atoms with van der Waals surface area (Å²) in [6, 6.07) is 1.48. The summed E-state index contributed by atoms with van der Waals surface area (Å²) in [6.45, 7) is 0.978. The van der Waals surface area contributed by atoms with Gasteiger partial charge in [0.2, 0.25) is 0 Å². The predicted octanol–water partition coefficient (Wildman–Crippen LogP) is 0.386. The first-order valence-electron chi connectivity index (χ1n) is 6.03. The molecule has 0 radical (unpaired) electrons. The van der Waals surface area contributed by atoms with Gasteiger partial charge in [-0.15, -0.1) is 0 Å². The Labute approximate surface area is 110 Å². The van der Waals surface area contributed by atoms with Gasteiger partial charge in [-0.05, 0) is 18.9 Å². The molecule has 2 heterocycles. The first-order chi connectivity index (χ1) is 9.13. The smallest absolute Gasteiger partial charge is 0.257 e. The third-order valence-corrected chi connectivity index (χ3v) is 3.27. The molecule has 1 unspecified atom stereocenters. The van der Waals surface area contributed by atoms with Crippen LogP contribution in [-0.2, 0) is 0 Å². The summed E-state index contributed by atoms with van der Waals surface area (Å²) in [5, 5.41) is 21.3. The van der Waals surface area contributed by atoms with Gasteiger partial charge >= 0.3 is 0 Å². The Morgan fingerprint density at radius 2 is 2.37 bits per heavy atom. The van der Waals surface area contributed by atoms with Crippen LogP contribution in [0.4, 0.5) is 0 Å². The second-order valence-corrected chi connectivity index (χ2v) is 4.51. The molecule has 1 fully saturated rings. The number of pyridine rings is 1. The zero-order chi connectivity index (χ0) is 13.8. The van der Waals surface area contributed by atoms with Crippen LogP contribution in [-0.4, -0.2) is 45.0 Å². The Morgan fingerprint density at radius 1 is 1.58 bits per heavy atom. The number of nitrogens with zero attached hydrogens (tertiary/aromatic N) is 3. The molecule has 1 aliphatic rings. The number of aromatic hydroxyl groups is 1. The maximum atomic E-state index is 12.3. The third kappa shape index (κ3) is 2.75. The lowest BCUT2D eigenvalue weighted by Crippen LogP contribution is -2.44. The summed E-state index contributed by atoms with van der Waals surface area (Å²) in [5.74, 6) is -0.420. The van der Waals surface area contributed by atoms with Crippen molar-refractivity contribution in [2.75, 3.05) is 13.1 Å². The molecule has 7 heteroatoms. The van der Waals surface area contributed by atoms with Gasteiger partial charge < -0.3 is 20.9 Å². The zero-order valence-electron chi connectivity index (χ0n) is 10.4. The van der Waals surface area contributed by atoms with Gasteiger partial charge in [0, 0.05) is 25.2 Å². The van der Waals surface area contributed by atoms with Gasteiger partial charge in [0.25, 0.3) is 5.91 Å². The summed E-state index contributed by atoms with van der Waals surface area (Å²) in [6.07, 6.45) is 4.25. The molecule has 0 aliphatic carbocycles. The molecular formula is C12H16N4O3. The monoisotopic (exact) mass is 264 g/mol. The normalized spacial score (nSPS) is 20.3. The van der Waals surface area contributed by atoms with Crippen LogP contribution < -0.4 is 5.73 Å². The number of amidine groups is 1. The molecule has 4 N–H and O–H groups in total. The fourth-order valence-electron chi connectivity index (χ4n) is 2.22. The lowest BCUT2D eigenvalue weighted by atomic mass is 9.96. The number of oxime groups is 1. The Kier molecular flexibility index (Phi) is 3.84. The van der Waals surface area contributed by atoms with Crippen LogP contribution in [0.3, 0.4) is 0 Å². The number of likely N-dealkylation sites (tertiary alicyclic amines) is 1. The Hall–Kier alpha value is -2.31. The van der Waals surface area contributed by atoms with Gasteiger partial charge in [-0.1, -0.05) is 5.16 Å². The van der Waals surface area contributed by atoms with E-state index in [1.165, 1.54) is 18.5 Å². The number of aromatic nitrogens is 1. The second kappa shape index (κ2) is 5.55. The van der Waals surface area contributed by atoms with E-state index >= 15 is 0 Å². The minimum atomic E-state index is -0.268. The van der Waals surface area contributed by atoms with Gasteiger partial charge in [0.15, 0.2) is 0 Å². The first kappa shape index (κ1) is 13.1. The third-order valence-electron chi connectivity index (χ3n) is 3.27. The highest BCUT2D eigenvalue weighted by molar-refractivity contribution is 5.97. The lowest BCUT2D eigenvalue weighted by Gasteiger charge is -2.32. The Balaban J connectivity index is 2.14. The van der Waals surface area contributed by atoms with E-state index in [2.05, 4.69) is 10.1 Å². The van der Waals surface area contributed by atoms with Gasteiger partial charge in [0.1, 0.15) is 11.6 Å². The van der Waals surface area contributed by atoms with Crippen LogP contribution in [0.1, 0.15) is 23.2 Å². The molecule has 1 aliphatic heterocycles. The Bertz CT molecular complexity index is 504. The molecule has 19 heavy (non-hydrogen) atoms. The number of hydrogen-bond donors (Lipinski definition) is 3. The number of nitrogens with two attached hydrogens (primary N) is 1. The number of amides is 1. The number of carbonyl (C=O) groups excluding carboxylic acids is 1. The quantitative estimate of drug-likeness (QED) is 0.309. The van der Waals surface area contributed by atoms with Gasteiger partial charge in [-0.25, -0.2) is 0 Å². The molecule has 1 saturated heterocycles. The number of rotatable bonds is 2. The Morgan fingerprint density at radius 3 is 3.05 bits per heavy atom. The van der Waals surface area contributed by atoms with Gasteiger partial charge in [-0.3, -0.25) is 9.78 Å². The van der Waals surface area contributed by atoms with Crippen molar-refractivity contribution in [1.82, 2.24) is 9.88 Å². The van der Waals surface area contributed by atoms with Crippen molar-refractivity contribution in [2.24, 2.45) is 16.8 Å². The molecule has 1 amide bonds. The summed E-state index contributed by atoms with van der Waals surface area (Å²) < 4.78 is 0. The van der Waals surface area contributed by atoms with E-state index in [0.29, 0.717) is 13.1 Å². The molecule has 2 rings (SSSR count). The van der Waals surface area contributed by atoms with Crippen molar-refractivity contribution < 1.29 is 15.1 Å². The van der Waals surface area contributed by atoms with Crippen molar-refractivity contribution in [3.05, 3.63) is 24.0 Å². The fraction of sp³-hybridized carbons (Fsp3) is 0.417. The van der Waals surface area contributed by atoms with Crippen molar-refractivity contribution in [1.29, 1.82) is 0 Å². The molecule has 102 valence electrons. The molecule has 0 saturated carbocycles. The molecule has 1 atom stereocenters. The molecule has 0 aromatic carbocycles. The van der Waals surface area contributed by atoms with Crippen molar-refractivity contribution in [3.63, 3.8) is 0 Å². The molecule has 1 aromatic rings. The van der Waals surface area contributed by atoms with Crippen LogP contribution in [0.15, 0.2) is 23.6 Å². The highest BCUT2D eigenvalue weighted by Crippen LogP contribution is 2.22. The van der Waals surface area contributed by atoms with E-state index < -0.39 is 0 Å². The minimum absolute atomic E-state index is 0.136. The van der Waals surface area contributed by atoms with Crippen LogP contribution >= 0.6 is 0 Å². The average Bonchev–Trinajstić information content (AvgIpc) is 2.46. The maximum Gasteiger partial charge on any atom is 0.257 e. The first-order valence-corrected chi connectivity index (χ1v) is 6.03. The maximum absolute atomic E-state index is 12.3. The van der Waals surface area contributed by atoms with Crippen LogP contribution in [0.5, 0.6) is 5.75 Å². The average molecular weight is 264 g/mol. The fourth-order valence-corrected chi connectivity index (χ4v) is 2.22. The largest absolute Gasteiger partial charge is 0.505 e. The SMILES string of the molecule is N/C(=N/O)C1CCCN(C(=O)c2ccncc2O)C1. The van der Waals surface area contributed by atoms with E-state index in [0.717, 1.165) is 12.8 Å². The highest BCUT2D eigenvalue weighted by Gasteiger charge is 2.27. The number of hydrogen-bond acceptors (Lipinski definition) is 5.